The molecule has 0 bridgehead atoms. The molecule has 0 amide bonds. The minimum Gasteiger partial charge on any atom is -0.261 e. The highest BCUT2D eigenvalue weighted by atomic mass is 32.2. The predicted octanol–water partition coefficient (Wildman–Crippen LogP) is -0.741. The fourth-order valence-corrected chi connectivity index (χ4v) is 0.177. The van der Waals surface area contributed by atoms with Gasteiger partial charge in [0.05, 0.1) is 7.11 Å². The fraction of sp³-hybridized carbons (Fsp3) is 0.500. The summed E-state index contributed by atoms with van der Waals surface area (Å²) in [5.41, 5.74) is 0. The van der Waals surface area contributed by atoms with E-state index < -0.39 is 10.3 Å². The molecular weight excluding hydrogens is 118 g/mol. The van der Waals surface area contributed by atoms with E-state index in [-0.39, 0.29) is 0 Å². The highest BCUT2D eigenvalue weighted by molar-refractivity contribution is 7.84. The lowest BCUT2D eigenvalue weighted by atomic mass is 11.6. The Morgan fingerprint density at radius 3 is 2.14 bits per heavy atom. The van der Waals surface area contributed by atoms with Gasteiger partial charge < -0.3 is 0 Å². The largest absolute Gasteiger partial charge is 0.335 e. The maximum absolute atomic E-state index is 9.97. The predicted molar refractivity (Wildman–Crippen MR) is 24.4 cm³/mol. The lowest BCUT2D eigenvalue weighted by Crippen LogP contribution is -2.17. The molecule has 0 aliphatic carbocycles. The van der Waals surface area contributed by atoms with Gasteiger partial charge in [0.15, 0.2) is 0 Å². The van der Waals surface area contributed by atoms with Crippen LogP contribution in [0.1, 0.15) is 0 Å². The molecule has 4 nitrogen and oxygen atoms in total. The van der Waals surface area contributed by atoms with Crippen molar-refractivity contribution in [2.75, 3.05) is 7.11 Å². The van der Waals surface area contributed by atoms with Gasteiger partial charge in [-0.1, -0.05) is 0 Å². The van der Waals surface area contributed by atoms with Crippen molar-refractivity contribution in [2.45, 2.75) is 0 Å². The first-order chi connectivity index (χ1) is 3.12. The summed E-state index contributed by atoms with van der Waals surface area (Å²) in [4.78, 5) is 0. The minimum absolute atomic E-state index is 1.05. The Hall–Kier alpha value is -0.130. The van der Waals surface area contributed by atoms with E-state index in [4.69, 9.17) is 0 Å². The third-order valence-corrected chi connectivity index (χ3v) is 1.19. The van der Waals surface area contributed by atoms with Gasteiger partial charge >= 0.3 is 10.3 Å². The quantitative estimate of drug-likeness (QED) is 0.527. The summed E-state index contributed by atoms with van der Waals surface area (Å²) < 4.78 is 25.5. The van der Waals surface area contributed by atoms with Gasteiger partial charge in [0.25, 0.3) is 0 Å². The second-order valence-electron chi connectivity index (χ2n) is 0.765. The van der Waals surface area contributed by atoms with Crippen LogP contribution in [0.25, 0.3) is 0 Å². The summed E-state index contributed by atoms with van der Waals surface area (Å²) in [6.45, 7) is 0. The van der Waals surface area contributed by atoms with Crippen molar-refractivity contribution in [3.05, 3.63) is 7.05 Å². The zero-order valence-corrected chi connectivity index (χ0v) is 4.66. The first kappa shape index (κ1) is 6.87. The molecule has 0 saturated heterocycles. The minimum atomic E-state index is -3.52. The van der Waals surface area contributed by atoms with Gasteiger partial charge in [-0.2, -0.15) is 13.1 Å². The Bertz CT molecular complexity index is 116. The molecule has 0 aromatic heterocycles. The van der Waals surface area contributed by atoms with Crippen LogP contribution in [0.4, 0.5) is 0 Å². The second-order valence-corrected chi connectivity index (χ2v) is 2.30. The van der Waals surface area contributed by atoms with Crippen LogP contribution in [0, 0.1) is 7.05 Å². The van der Waals surface area contributed by atoms with Crippen molar-refractivity contribution in [1.82, 2.24) is 4.72 Å². The SMILES string of the molecule is [CH2]NS(=O)(=O)OC. The molecule has 0 saturated carbocycles. The standard InChI is InChI=1S/C2H6NO3S/c1-3-7(4,5)6-2/h3H,1H2,2H3. The average Bonchev–Trinajstić information content (AvgIpc) is 1.68. The van der Waals surface area contributed by atoms with E-state index in [2.05, 4.69) is 11.2 Å². The third kappa shape index (κ3) is 2.55. The fourth-order valence-electron chi connectivity index (χ4n) is 0.0589. The Morgan fingerprint density at radius 1 is 1.71 bits per heavy atom. The highest BCUT2D eigenvalue weighted by Gasteiger charge is 1.98. The molecule has 0 heterocycles. The van der Waals surface area contributed by atoms with Gasteiger partial charge in [-0.25, -0.2) is 0 Å². The van der Waals surface area contributed by atoms with Crippen molar-refractivity contribution >= 4 is 10.3 Å². The van der Waals surface area contributed by atoms with Crippen LogP contribution in [0.5, 0.6) is 0 Å². The molecule has 0 fully saturated rings. The molecule has 0 atom stereocenters. The lowest BCUT2D eigenvalue weighted by Gasteiger charge is -1.92. The van der Waals surface area contributed by atoms with Crippen LogP contribution < -0.4 is 4.72 Å². The number of nitrogens with one attached hydrogen (secondary N) is 1. The van der Waals surface area contributed by atoms with E-state index in [1.54, 1.807) is 4.72 Å². The molecule has 0 spiro atoms. The molecule has 0 rings (SSSR count). The van der Waals surface area contributed by atoms with Crippen molar-refractivity contribution in [2.24, 2.45) is 0 Å². The zero-order chi connectivity index (χ0) is 5.91. The van der Waals surface area contributed by atoms with Crippen molar-refractivity contribution in [3.8, 4) is 0 Å². The first-order valence-electron chi connectivity index (χ1n) is 1.47. The van der Waals surface area contributed by atoms with E-state index in [1.165, 1.54) is 0 Å². The highest BCUT2D eigenvalue weighted by Crippen LogP contribution is 1.77. The van der Waals surface area contributed by atoms with Crippen LogP contribution in [-0.4, -0.2) is 15.5 Å². The number of rotatable bonds is 2. The maximum atomic E-state index is 9.97. The summed E-state index contributed by atoms with van der Waals surface area (Å²) in [7, 11) is 0.396. The zero-order valence-electron chi connectivity index (χ0n) is 3.84. The molecule has 7 heavy (non-hydrogen) atoms. The van der Waals surface area contributed by atoms with E-state index >= 15 is 0 Å². The van der Waals surface area contributed by atoms with Crippen molar-refractivity contribution in [3.63, 3.8) is 0 Å². The van der Waals surface area contributed by atoms with Crippen molar-refractivity contribution < 1.29 is 12.6 Å². The van der Waals surface area contributed by atoms with Crippen LogP contribution in [0.15, 0.2) is 0 Å². The molecule has 0 unspecified atom stereocenters. The van der Waals surface area contributed by atoms with Crippen LogP contribution in [0.2, 0.25) is 0 Å². The monoisotopic (exact) mass is 124 g/mol. The average molecular weight is 124 g/mol. The normalized spacial score (nSPS) is 11.7. The van der Waals surface area contributed by atoms with Gasteiger partial charge in [-0.15, -0.1) is 0 Å². The summed E-state index contributed by atoms with van der Waals surface area (Å²) >= 11 is 0. The van der Waals surface area contributed by atoms with Gasteiger partial charge in [-0.05, 0) is 0 Å². The molecular formula is C2H6NO3S. The van der Waals surface area contributed by atoms with Crippen molar-refractivity contribution in [1.29, 1.82) is 0 Å². The van der Waals surface area contributed by atoms with E-state index in [0.717, 1.165) is 7.11 Å². The second kappa shape index (κ2) is 2.25. The molecule has 0 aromatic rings. The number of hydrogen-bond donors (Lipinski definition) is 1. The molecule has 0 aromatic carbocycles. The van der Waals surface area contributed by atoms with Gasteiger partial charge in [-0.3, -0.25) is 4.18 Å². The number of hydrogen-bond acceptors (Lipinski definition) is 3. The van der Waals surface area contributed by atoms with Gasteiger partial charge in [0, 0.05) is 7.05 Å². The third-order valence-electron chi connectivity index (χ3n) is 0.396. The molecule has 1 N–H and O–H groups in total. The summed E-state index contributed by atoms with van der Waals surface area (Å²) in [5, 5.41) is 0. The lowest BCUT2D eigenvalue weighted by molar-refractivity contribution is 0.392. The molecule has 1 radical (unpaired) electrons. The van der Waals surface area contributed by atoms with Gasteiger partial charge in [0.1, 0.15) is 0 Å². The molecule has 0 aliphatic heterocycles. The molecule has 5 heteroatoms. The molecule has 0 aliphatic rings. The smallest absolute Gasteiger partial charge is 0.261 e. The first-order valence-corrected chi connectivity index (χ1v) is 2.87. The molecule has 43 valence electrons. The van der Waals surface area contributed by atoms with E-state index in [1.807, 2.05) is 0 Å². The Morgan fingerprint density at radius 2 is 2.14 bits per heavy atom. The summed E-state index contributed by atoms with van der Waals surface area (Å²) in [5.74, 6) is 0. The van der Waals surface area contributed by atoms with E-state index in [0.29, 0.717) is 0 Å². The maximum Gasteiger partial charge on any atom is 0.335 e. The van der Waals surface area contributed by atoms with Gasteiger partial charge in [0.2, 0.25) is 0 Å². The Kier molecular flexibility index (Phi) is 2.21. The Labute approximate surface area is 42.7 Å². The summed E-state index contributed by atoms with van der Waals surface area (Å²) in [6.07, 6.45) is 0. The van der Waals surface area contributed by atoms with E-state index in [9.17, 15) is 8.42 Å². The van der Waals surface area contributed by atoms with Crippen LogP contribution >= 0.6 is 0 Å². The van der Waals surface area contributed by atoms with Crippen LogP contribution in [0.3, 0.4) is 0 Å². The summed E-state index contributed by atoms with van der Waals surface area (Å²) in [6, 6.07) is 0. The topological polar surface area (TPSA) is 55.4 Å². The van der Waals surface area contributed by atoms with Crippen LogP contribution in [-0.2, 0) is 14.5 Å². The Balaban J connectivity index is 3.89.